The van der Waals surface area contributed by atoms with Crippen LogP contribution in [-0.2, 0) is 4.79 Å². The molecule has 0 aliphatic carbocycles. The largest absolute Gasteiger partial charge is 0.493 e. The van der Waals surface area contributed by atoms with E-state index < -0.39 is 0 Å². The minimum atomic E-state index is -0.127. The number of hydrogen-bond acceptors (Lipinski definition) is 5. The number of ether oxygens (including phenoxy) is 1. The van der Waals surface area contributed by atoms with Gasteiger partial charge in [0.25, 0.3) is 5.91 Å². The molecule has 30 heavy (non-hydrogen) atoms. The van der Waals surface area contributed by atoms with Crippen LogP contribution in [0.1, 0.15) is 35.9 Å². The fraction of sp³-hybridized carbons (Fsp3) is 0.318. The summed E-state index contributed by atoms with van der Waals surface area (Å²) in [6, 6.07) is 14.7. The number of amides is 2. The van der Waals surface area contributed by atoms with Gasteiger partial charge in [0.15, 0.2) is 5.76 Å². The van der Waals surface area contributed by atoms with E-state index in [0.29, 0.717) is 31.3 Å². The third kappa shape index (κ3) is 4.71. The molecule has 1 fully saturated rings. The number of piperidine rings is 1. The van der Waals surface area contributed by atoms with Crippen molar-refractivity contribution in [2.45, 2.75) is 25.3 Å². The number of anilines is 1. The molecule has 0 bridgehead atoms. The molecule has 0 spiro atoms. The van der Waals surface area contributed by atoms with Crippen LogP contribution in [0, 0.1) is 0 Å². The van der Waals surface area contributed by atoms with Gasteiger partial charge in [-0.1, -0.05) is 18.2 Å². The molecule has 0 unspecified atom stereocenters. The monoisotopic (exact) mass is 408 g/mol. The number of benzene rings is 1. The number of nitrogens with one attached hydrogen (secondary N) is 1. The van der Waals surface area contributed by atoms with Crippen LogP contribution in [0.5, 0.6) is 5.75 Å². The van der Waals surface area contributed by atoms with E-state index in [0.717, 1.165) is 18.6 Å². The second kappa shape index (κ2) is 9.30. The molecule has 1 aliphatic heterocycles. The van der Waals surface area contributed by atoms with Crippen molar-refractivity contribution in [1.82, 2.24) is 14.7 Å². The Bertz CT molecular complexity index is 960. The van der Waals surface area contributed by atoms with Crippen LogP contribution in [-0.4, -0.2) is 46.2 Å². The average Bonchev–Trinajstić information content (AvgIpc) is 3.47. The standard InChI is InChI=1S/C22H24N4O4/c27-21(11-16-29-18-5-2-1-3-6-18)24-20-8-12-23-26(20)17-9-13-25(14-10-17)22(28)19-7-4-15-30-19/h1-8,12,15,17H,9-11,13-14,16H2,(H,24,27). The highest BCUT2D eigenvalue weighted by atomic mass is 16.5. The maximum atomic E-state index is 12.4. The van der Waals surface area contributed by atoms with Crippen molar-refractivity contribution in [3.63, 3.8) is 0 Å². The van der Waals surface area contributed by atoms with Crippen molar-refractivity contribution in [1.29, 1.82) is 0 Å². The van der Waals surface area contributed by atoms with Gasteiger partial charge in [-0.25, -0.2) is 4.68 Å². The van der Waals surface area contributed by atoms with Gasteiger partial charge in [-0.2, -0.15) is 5.10 Å². The summed E-state index contributed by atoms with van der Waals surface area (Å²) < 4.78 is 12.6. The number of furan rings is 1. The minimum absolute atomic E-state index is 0.0918. The predicted molar refractivity (Wildman–Crippen MR) is 110 cm³/mol. The van der Waals surface area contributed by atoms with Gasteiger partial charge in [0.05, 0.1) is 31.5 Å². The van der Waals surface area contributed by atoms with E-state index in [1.165, 1.54) is 6.26 Å². The summed E-state index contributed by atoms with van der Waals surface area (Å²) in [5.74, 6) is 1.55. The maximum Gasteiger partial charge on any atom is 0.289 e. The minimum Gasteiger partial charge on any atom is -0.493 e. The summed E-state index contributed by atoms with van der Waals surface area (Å²) in [7, 11) is 0. The quantitative estimate of drug-likeness (QED) is 0.647. The summed E-state index contributed by atoms with van der Waals surface area (Å²) in [5, 5.41) is 7.31. The highest BCUT2D eigenvalue weighted by molar-refractivity contribution is 5.91. The molecule has 2 aromatic heterocycles. The van der Waals surface area contributed by atoms with Crippen LogP contribution in [0.4, 0.5) is 5.82 Å². The number of hydrogen-bond donors (Lipinski definition) is 1. The van der Waals surface area contributed by atoms with Crippen LogP contribution >= 0.6 is 0 Å². The first-order chi connectivity index (χ1) is 14.7. The molecule has 1 aliphatic rings. The molecular weight excluding hydrogens is 384 g/mol. The van der Waals surface area contributed by atoms with E-state index in [1.54, 1.807) is 29.3 Å². The maximum absolute atomic E-state index is 12.4. The Labute approximate surface area is 174 Å². The highest BCUT2D eigenvalue weighted by Crippen LogP contribution is 2.26. The molecule has 0 atom stereocenters. The first kappa shape index (κ1) is 19.8. The summed E-state index contributed by atoms with van der Waals surface area (Å²) in [6.45, 7) is 1.53. The van der Waals surface area contributed by atoms with Crippen LogP contribution in [0.25, 0.3) is 0 Å². The smallest absolute Gasteiger partial charge is 0.289 e. The molecule has 0 saturated carbocycles. The lowest BCUT2D eigenvalue weighted by atomic mass is 10.0. The Morgan fingerprint density at radius 3 is 2.63 bits per heavy atom. The molecule has 156 valence electrons. The van der Waals surface area contributed by atoms with Crippen LogP contribution < -0.4 is 10.1 Å². The van der Waals surface area contributed by atoms with Crippen molar-refractivity contribution < 1.29 is 18.7 Å². The summed E-state index contributed by atoms with van der Waals surface area (Å²) in [6.07, 6.45) is 4.94. The van der Waals surface area contributed by atoms with E-state index in [9.17, 15) is 9.59 Å². The Hall–Kier alpha value is -3.55. The number of para-hydroxylation sites is 1. The molecule has 8 nitrogen and oxygen atoms in total. The van der Waals surface area contributed by atoms with Gasteiger partial charge in [0, 0.05) is 19.2 Å². The van der Waals surface area contributed by atoms with Crippen LogP contribution in [0.3, 0.4) is 0 Å². The zero-order valence-corrected chi connectivity index (χ0v) is 16.6. The Balaban J connectivity index is 1.27. The van der Waals surface area contributed by atoms with Gasteiger partial charge in [-0.05, 0) is 37.1 Å². The molecule has 8 heteroatoms. The lowest BCUT2D eigenvalue weighted by molar-refractivity contribution is -0.116. The number of likely N-dealkylation sites (tertiary alicyclic amines) is 1. The van der Waals surface area contributed by atoms with Gasteiger partial charge < -0.3 is 19.4 Å². The van der Waals surface area contributed by atoms with Gasteiger partial charge in [0.2, 0.25) is 5.91 Å². The molecule has 1 aromatic carbocycles. The molecule has 2 amide bonds. The molecular formula is C22H24N4O4. The van der Waals surface area contributed by atoms with Crippen molar-refractivity contribution in [3.05, 3.63) is 66.8 Å². The van der Waals surface area contributed by atoms with Crippen molar-refractivity contribution in [3.8, 4) is 5.75 Å². The lowest BCUT2D eigenvalue weighted by Gasteiger charge is -2.32. The number of rotatable bonds is 7. The fourth-order valence-corrected chi connectivity index (χ4v) is 3.56. The van der Waals surface area contributed by atoms with Gasteiger partial charge in [0.1, 0.15) is 11.6 Å². The molecule has 3 heterocycles. The molecule has 0 radical (unpaired) electrons. The van der Waals surface area contributed by atoms with Crippen molar-refractivity contribution in [2.24, 2.45) is 0 Å². The van der Waals surface area contributed by atoms with Crippen molar-refractivity contribution >= 4 is 17.6 Å². The van der Waals surface area contributed by atoms with E-state index in [2.05, 4.69) is 10.4 Å². The van der Waals surface area contributed by atoms with Crippen LogP contribution in [0.15, 0.2) is 65.4 Å². The Kier molecular flexibility index (Phi) is 6.12. The zero-order chi connectivity index (χ0) is 20.8. The second-order valence-electron chi connectivity index (χ2n) is 7.12. The normalized spacial score (nSPS) is 14.5. The zero-order valence-electron chi connectivity index (χ0n) is 16.6. The first-order valence-corrected chi connectivity index (χ1v) is 10.0. The first-order valence-electron chi connectivity index (χ1n) is 10.0. The van der Waals surface area contributed by atoms with E-state index >= 15 is 0 Å². The third-order valence-corrected chi connectivity index (χ3v) is 5.11. The lowest BCUT2D eigenvalue weighted by Crippen LogP contribution is -2.39. The summed E-state index contributed by atoms with van der Waals surface area (Å²) in [5.41, 5.74) is 0. The Morgan fingerprint density at radius 2 is 1.90 bits per heavy atom. The Morgan fingerprint density at radius 1 is 1.10 bits per heavy atom. The highest BCUT2D eigenvalue weighted by Gasteiger charge is 2.27. The summed E-state index contributed by atoms with van der Waals surface area (Å²) in [4.78, 5) is 26.5. The van der Waals surface area contributed by atoms with Gasteiger partial charge >= 0.3 is 0 Å². The third-order valence-electron chi connectivity index (χ3n) is 5.11. The average molecular weight is 408 g/mol. The number of carbonyl (C=O) groups is 2. The predicted octanol–water partition coefficient (Wildman–Crippen LogP) is 3.36. The number of nitrogens with zero attached hydrogens (tertiary/aromatic N) is 3. The summed E-state index contributed by atoms with van der Waals surface area (Å²) >= 11 is 0. The fourth-order valence-electron chi connectivity index (χ4n) is 3.56. The number of aromatic nitrogens is 2. The van der Waals surface area contributed by atoms with Gasteiger partial charge in [-0.3, -0.25) is 9.59 Å². The van der Waals surface area contributed by atoms with Gasteiger partial charge in [-0.15, -0.1) is 0 Å². The van der Waals surface area contributed by atoms with E-state index in [-0.39, 0.29) is 24.3 Å². The topological polar surface area (TPSA) is 89.6 Å². The van der Waals surface area contributed by atoms with E-state index in [4.69, 9.17) is 9.15 Å². The second-order valence-corrected chi connectivity index (χ2v) is 7.12. The number of carbonyl (C=O) groups excluding carboxylic acids is 2. The van der Waals surface area contributed by atoms with E-state index in [1.807, 2.05) is 35.0 Å². The SMILES string of the molecule is O=C(CCOc1ccccc1)Nc1ccnn1C1CCN(C(=O)c2ccco2)CC1. The molecule has 4 rings (SSSR count). The van der Waals surface area contributed by atoms with Crippen molar-refractivity contribution in [2.75, 3.05) is 25.0 Å². The molecule has 1 N–H and O–H groups in total. The molecule has 3 aromatic rings. The molecule has 1 saturated heterocycles. The van der Waals surface area contributed by atoms with Crippen LogP contribution in [0.2, 0.25) is 0 Å².